The van der Waals surface area contributed by atoms with E-state index in [4.69, 9.17) is 5.26 Å². The van der Waals surface area contributed by atoms with Crippen molar-refractivity contribution in [3.05, 3.63) is 46.4 Å². The Balaban J connectivity index is 2.64. The maximum Gasteiger partial charge on any atom is 0.272 e. The van der Waals surface area contributed by atoms with Gasteiger partial charge in [-0.3, -0.25) is 4.79 Å². The molecule has 17 heavy (non-hydrogen) atoms. The van der Waals surface area contributed by atoms with Crippen LogP contribution in [-0.4, -0.2) is 14.5 Å². The number of phenols is 1. The normalized spacial score (nSPS) is 10.8. The summed E-state index contributed by atoms with van der Waals surface area (Å²) in [7, 11) is 0. The molecule has 0 bridgehead atoms. The molecule has 2 aromatic heterocycles. The quantitative estimate of drug-likeness (QED) is 0.606. The van der Waals surface area contributed by atoms with Crippen LogP contribution >= 0.6 is 0 Å². The first-order valence-electron chi connectivity index (χ1n) is 4.97. The van der Waals surface area contributed by atoms with Crippen LogP contribution in [0.25, 0.3) is 16.6 Å². The molecular formula is C12H7N3O2. The second kappa shape index (κ2) is 3.12. The SMILES string of the molecule is N#Cc1ccc2c([nH]c(=O)c3cccn32)c1O. The van der Waals surface area contributed by atoms with Crippen LogP contribution < -0.4 is 5.56 Å². The van der Waals surface area contributed by atoms with Gasteiger partial charge in [-0.2, -0.15) is 5.26 Å². The molecule has 82 valence electrons. The third-order valence-electron chi connectivity index (χ3n) is 2.76. The lowest BCUT2D eigenvalue weighted by Gasteiger charge is -2.05. The average molecular weight is 225 g/mol. The topological polar surface area (TPSA) is 81.3 Å². The Morgan fingerprint density at radius 3 is 2.88 bits per heavy atom. The molecular weight excluding hydrogens is 218 g/mol. The molecule has 1 aromatic carbocycles. The van der Waals surface area contributed by atoms with Crippen molar-refractivity contribution in [2.45, 2.75) is 0 Å². The lowest BCUT2D eigenvalue weighted by Crippen LogP contribution is -2.09. The molecule has 0 unspecified atom stereocenters. The molecule has 5 heteroatoms. The minimum Gasteiger partial charge on any atom is -0.504 e. The third-order valence-corrected chi connectivity index (χ3v) is 2.76. The molecule has 5 nitrogen and oxygen atoms in total. The van der Waals surface area contributed by atoms with Crippen molar-refractivity contribution in [3.63, 3.8) is 0 Å². The lowest BCUT2D eigenvalue weighted by atomic mass is 10.2. The highest BCUT2D eigenvalue weighted by molar-refractivity contribution is 5.85. The maximum absolute atomic E-state index is 11.7. The van der Waals surface area contributed by atoms with E-state index in [2.05, 4.69) is 4.98 Å². The molecule has 0 aliphatic rings. The van der Waals surface area contributed by atoms with E-state index in [9.17, 15) is 9.90 Å². The highest BCUT2D eigenvalue weighted by Crippen LogP contribution is 2.25. The van der Waals surface area contributed by atoms with Crippen molar-refractivity contribution in [1.82, 2.24) is 9.38 Å². The maximum atomic E-state index is 11.7. The van der Waals surface area contributed by atoms with E-state index >= 15 is 0 Å². The summed E-state index contributed by atoms with van der Waals surface area (Å²) in [5.41, 5.74) is 1.27. The van der Waals surface area contributed by atoms with Gasteiger partial charge in [0.05, 0.1) is 11.1 Å². The van der Waals surface area contributed by atoms with Gasteiger partial charge in [-0.25, -0.2) is 0 Å². The summed E-state index contributed by atoms with van der Waals surface area (Å²) in [6.07, 6.45) is 1.73. The van der Waals surface area contributed by atoms with Gasteiger partial charge in [-0.1, -0.05) is 0 Å². The van der Waals surface area contributed by atoms with Crippen molar-refractivity contribution in [1.29, 1.82) is 5.26 Å². The monoisotopic (exact) mass is 225 g/mol. The number of nitrogens with one attached hydrogen (secondary N) is 1. The minimum absolute atomic E-state index is 0.139. The van der Waals surface area contributed by atoms with Crippen molar-refractivity contribution < 1.29 is 5.11 Å². The number of nitrogens with zero attached hydrogens (tertiary/aromatic N) is 2. The van der Waals surface area contributed by atoms with Crippen molar-refractivity contribution in [2.24, 2.45) is 0 Å². The second-order valence-corrected chi connectivity index (χ2v) is 3.69. The van der Waals surface area contributed by atoms with Crippen molar-refractivity contribution in [3.8, 4) is 11.8 Å². The molecule has 2 heterocycles. The molecule has 0 atom stereocenters. The van der Waals surface area contributed by atoms with Gasteiger partial charge < -0.3 is 14.5 Å². The van der Waals surface area contributed by atoms with Crippen LogP contribution in [0.1, 0.15) is 5.56 Å². The Kier molecular flexibility index (Phi) is 1.74. The summed E-state index contributed by atoms with van der Waals surface area (Å²) >= 11 is 0. The molecule has 0 aliphatic heterocycles. The fraction of sp³-hybridized carbons (Fsp3) is 0. The summed E-state index contributed by atoms with van der Waals surface area (Å²) in [6, 6.07) is 8.52. The van der Waals surface area contributed by atoms with E-state index < -0.39 is 0 Å². The third kappa shape index (κ3) is 1.15. The Bertz CT molecular complexity index is 836. The van der Waals surface area contributed by atoms with Gasteiger partial charge in [0.1, 0.15) is 17.1 Å². The van der Waals surface area contributed by atoms with Crippen molar-refractivity contribution >= 4 is 16.6 Å². The first-order chi connectivity index (χ1) is 8.22. The lowest BCUT2D eigenvalue weighted by molar-refractivity contribution is 0.478. The van der Waals surface area contributed by atoms with E-state index in [0.29, 0.717) is 11.0 Å². The number of benzene rings is 1. The fourth-order valence-electron chi connectivity index (χ4n) is 1.95. The summed E-state index contributed by atoms with van der Waals surface area (Å²) < 4.78 is 1.68. The van der Waals surface area contributed by atoms with Gasteiger partial charge in [-0.05, 0) is 24.3 Å². The van der Waals surface area contributed by atoms with Gasteiger partial charge in [0.25, 0.3) is 5.56 Å². The molecule has 0 fully saturated rings. The zero-order chi connectivity index (χ0) is 12.0. The molecule has 3 aromatic rings. The van der Waals surface area contributed by atoms with Gasteiger partial charge in [0.2, 0.25) is 0 Å². The number of hydrogen-bond acceptors (Lipinski definition) is 3. The van der Waals surface area contributed by atoms with E-state index in [1.54, 1.807) is 28.8 Å². The largest absolute Gasteiger partial charge is 0.504 e. The number of hydrogen-bond donors (Lipinski definition) is 2. The van der Waals surface area contributed by atoms with Crippen molar-refractivity contribution in [2.75, 3.05) is 0 Å². The van der Waals surface area contributed by atoms with E-state index in [0.717, 1.165) is 0 Å². The van der Waals surface area contributed by atoms with E-state index in [1.165, 1.54) is 6.07 Å². The van der Waals surface area contributed by atoms with Gasteiger partial charge in [-0.15, -0.1) is 0 Å². The zero-order valence-corrected chi connectivity index (χ0v) is 8.64. The van der Waals surface area contributed by atoms with Gasteiger partial charge >= 0.3 is 0 Å². The Morgan fingerprint density at radius 1 is 1.29 bits per heavy atom. The first kappa shape index (κ1) is 9.48. The predicted molar refractivity (Wildman–Crippen MR) is 61.9 cm³/mol. The predicted octanol–water partition coefficient (Wildman–Crippen LogP) is 1.36. The van der Waals surface area contributed by atoms with Gasteiger partial charge in [0, 0.05) is 6.20 Å². The highest BCUT2D eigenvalue weighted by atomic mass is 16.3. The zero-order valence-electron chi connectivity index (χ0n) is 8.64. The number of aromatic nitrogens is 2. The minimum atomic E-state index is -0.298. The van der Waals surface area contributed by atoms with E-state index in [-0.39, 0.29) is 22.4 Å². The number of phenolic OH excluding ortho intramolecular Hbond substituents is 1. The van der Waals surface area contributed by atoms with Crippen LogP contribution in [0.5, 0.6) is 5.75 Å². The number of aromatic hydroxyl groups is 1. The second-order valence-electron chi connectivity index (χ2n) is 3.69. The summed E-state index contributed by atoms with van der Waals surface area (Å²) in [5.74, 6) is -0.197. The Morgan fingerprint density at radius 2 is 2.12 bits per heavy atom. The molecule has 0 aliphatic carbocycles. The number of rotatable bonds is 0. The van der Waals surface area contributed by atoms with Crippen LogP contribution in [0, 0.1) is 11.3 Å². The number of fused-ring (bicyclic) bond motifs is 3. The number of nitriles is 1. The number of H-pyrrole nitrogens is 1. The molecule has 0 amide bonds. The van der Waals surface area contributed by atoms with Crippen LogP contribution in [-0.2, 0) is 0 Å². The first-order valence-corrected chi connectivity index (χ1v) is 4.97. The van der Waals surface area contributed by atoms with Crippen LogP contribution in [0.15, 0.2) is 35.3 Å². The van der Waals surface area contributed by atoms with Crippen LogP contribution in [0.4, 0.5) is 0 Å². The molecule has 2 N–H and O–H groups in total. The van der Waals surface area contributed by atoms with Crippen LogP contribution in [0.3, 0.4) is 0 Å². The number of aromatic amines is 1. The summed E-state index contributed by atoms with van der Waals surface area (Å²) in [6.45, 7) is 0. The standard InChI is InChI=1S/C12H7N3O2/c13-6-7-3-4-8-10(11(7)16)14-12(17)9-2-1-5-15(8)9/h1-5,16H,(H,14,17). The fourth-order valence-corrected chi connectivity index (χ4v) is 1.95. The van der Waals surface area contributed by atoms with Crippen LogP contribution in [0.2, 0.25) is 0 Å². The smallest absolute Gasteiger partial charge is 0.272 e. The molecule has 0 saturated heterocycles. The highest BCUT2D eigenvalue weighted by Gasteiger charge is 2.10. The van der Waals surface area contributed by atoms with Gasteiger partial charge in [0.15, 0.2) is 5.75 Å². The molecule has 0 spiro atoms. The summed E-state index contributed by atoms with van der Waals surface area (Å²) in [5, 5.41) is 18.7. The Hall–Kier alpha value is -2.74. The molecule has 3 rings (SSSR count). The van der Waals surface area contributed by atoms with E-state index in [1.807, 2.05) is 6.07 Å². The molecule has 0 radical (unpaired) electrons. The molecule has 0 saturated carbocycles. The summed E-state index contributed by atoms with van der Waals surface area (Å²) in [4.78, 5) is 14.3. The average Bonchev–Trinajstić information content (AvgIpc) is 2.81. The Labute approximate surface area is 95.2 Å².